The van der Waals surface area contributed by atoms with E-state index in [1.165, 1.54) is 10.9 Å². The summed E-state index contributed by atoms with van der Waals surface area (Å²) in [5, 5.41) is 10.8. The summed E-state index contributed by atoms with van der Waals surface area (Å²) in [6.07, 6.45) is 0.736. The molecule has 0 saturated heterocycles. The van der Waals surface area contributed by atoms with Gasteiger partial charge in [-0.15, -0.1) is 0 Å². The van der Waals surface area contributed by atoms with E-state index in [0.717, 1.165) is 10.0 Å². The van der Waals surface area contributed by atoms with Gasteiger partial charge in [0, 0.05) is 4.47 Å². The van der Waals surface area contributed by atoms with Crippen LogP contribution in [0, 0.1) is 0 Å². The molecule has 3 aromatic rings. The molecule has 0 fully saturated rings. The molecule has 1 atom stereocenters. The summed E-state index contributed by atoms with van der Waals surface area (Å²) in [5.41, 5.74) is 1.27. The number of rotatable bonds is 3. The summed E-state index contributed by atoms with van der Waals surface area (Å²) in [6, 6.07) is 14.7. The largest absolute Gasteiger partial charge is 0.387 e. The van der Waals surface area contributed by atoms with Gasteiger partial charge >= 0.3 is 0 Å². The number of aromatic nitrogens is 2. The molecular formula is C16H13BrN2O2. The lowest BCUT2D eigenvalue weighted by Crippen LogP contribution is -2.23. The molecule has 106 valence electrons. The van der Waals surface area contributed by atoms with E-state index in [2.05, 4.69) is 20.9 Å². The van der Waals surface area contributed by atoms with Gasteiger partial charge in [0.2, 0.25) is 0 Å². The fourth-order valence-electron chi connectivity index (χ4n) is 2.23. The van der Waals surface area contributed by atoms with Crippen LogP contribution in [0.4, 0.5) is 0 Å². The highest BCUT2D eigenvalue weighted by Crippen LogP contribution is 2.16. The van der Waals surface area contributed by atoms with Crippen LogP contribution in [0.25, 0.3) is 10.9 Å². The molecule has 0 saturated carbocycles. The zero-order valence-corrected chi connectivity index (χ0v) is 12.7. The van der Waals surface area contributed by atoms with E-state index in [-0.39, 0.29) is 12.1 Å². The Morgan fingerprint density at radius 3 is 2.71 bits per heavy atom. The first-order chi connectivity index (χ1) is 10.1. The third-order valence-corrected chi connectivity index (χ3v) is 3.83. The third kappa shape index (κ3) is 2.89. The Balaban J connectivity index is 1.98. The van der Waals surface area contributed by atoms with E-state index in [4.69, 9.17) is 0 Å². The Morgan fingerprint density at radius 2 is 1.95 bits per heavy atom. The van der Waals surface area contributed by atoms with Crippen LogP contribution < -0.4 is 5.56 Å². The van der Waals surface area contributed by atoms with Gasteiger partial charge < -0.3 is 5.11 Å². The van der Waals surface area contributed by atoms with Gasteiger partial charge in [-0.1, -0.05) is 46.3 Å². The van der Waals surface area contributed by atoms with Crippen LogP contribution in [0.15, 0.2) is 64.1 Å². The molecule has 2 aromatic carbocycles. The minimum absolute atomic E-state index is 0.156. The van der Waals surface area contributed by atoms with E-state index in [9.17, 15) is 9.90 Å². The van der Waals surface area contributed by atoms with Gasteiger partial charge in [-0.3, -0.25) is 9.36 Å². The molecule has 0 aliphatic heterocycles. The van der Waals surface area contributed by atoms with Crippen molar-refractivity contribution in [3.8, 4) is 0 Å². The summed E-state index contributed by atoms with van der Waals surface area (Å²) < 4.78 is 2.27. The van der Waals surface area contributed by atoms with E-state index >= 15 is 0 Å². The molecule has 4 nitrogen and oxygen atoms in total. The molecule has 5 heteroatoms. The van der Waals surface area contributed by atoms with Crippen LogP contribution >= 0.6 is 15.9 Å². The first-order valence-corrected chi connectivity index (χ1v) is 7.32. The Labute approximate surface area is 129 Å². The van der Waals surface area contributed by atoms with Crippen molar-refractivity contribution in [1.82, 2.24) is 9.55 Å². The average molecular weight is 345 g/mol. The molecule has 0 unspecified atom stereocenters. The van der Waals surface area contributed by atoms with Crippen molar-refractivity contribution < 1.29 is 5.11 Å². The van der Waals surface area contributed by atoms with Crippen molar-refractivity contribution in [1.29, 1.82) is 0 Å². The summed E-state index contributed by atoms with van der Waals surface area (Å²) >= 11 is 3.35. The van der Waals surface area contributed by atoms with Crippen molar-refractivity contribution in [2.24, 2.45) is 0 Å². The van der Waals surface area contributed by atoms with E-state index in [1.54, 1.807) is 12.1 Å². The molecule has 0 aliphatic rings. The first-order valence-electron chi connectivity index (χ1n) is 6.53. The number of aliphatic hydroxyl groups excluding tert-OH is 1. The second kappa shape index (κ2) is 5.79. The van der Waals surface area contributed by atoms with Gasteiger partial charge in [-0.25, -0.2) is 4.98 Å². The SMILES string of the molecule is O=c1c2cc(Br)ccc2ncn1C[C@H](O)c1ccccc1. The summed E-state index contributed by atoms with van der Waals surface area (Å²) in [5.74, 6) is 0. The lowest BCUT2D eigenvalue weighted by molar-refractivity contribution is 0.155. The van der Waals surface area contributed by atoms with Crippen molar-refractivity contribution in [3.63, 3.8) is 0 Å². The predicted molar refractivity (Wildman–Crippen MR) is 85.1 cm³/mol. The van der Waals surface area contributed by atoms with Crippen LogP contribution in [0.1, 0.15) is 11.7 Å². The molecule has 1 heterocycles. The van der Waals surface area contributed by atoms with Crippen LogP contribution in [0.2, 0.25) is 0 Å². The maximum Gasteiger partial charge on any atom is 0.261 e. The fraction of sp³-hybridized carbons (Fsp3) is 0.125. The summed E-state index contributed by atoms with van der Waals surface area (Å²) in [6.45, 7) is 0.179. The molecule has 0 bridgehead atoms. The smallest absolute Gasteiger partial charge is 0.261 e. The zero-order chi connectivity index (χ0) is 14.8. The summed E-state index contributed by atoms with van der Waals surface area (Å²) in [7, 11) is 0. The highest BCUT2D eigenvalue weighted by atomic mass is 79.9. The Hall–Kier alpha value is -1.98. The van der Waals surface area contributed by atoms with Crippen molar-refractivity contribution >= 4 is 26.8 Å². The second-order valence-electron chi connectivity index (χ2n) is 4.79. The lowest BCUT2D eigenvalue weighted by atomic mass is 10.1. The molecule has 0 amide bonds. The highest BCUT2D eigenvalue weighted by molar-refractivity contribution is 9.10. The summed E-state index contributed by atoms with van der Waals surface area (Å²) in [4.78, 5) is 16.7. The molecule has 21 heavy (non-hydrogen) atoms. The van der Waals surface area contributed by atoms with Crippen molar-refractivity contribution in [2.45, 2.75) is 12.6 Å². The number of aliphatic hydroxyl groups is 1. The zero-order valence-electron chi connectivity index (χ0n) is 11.1. The molecule has 1 N–H and O–H groups in total. The first kappa shape index (κ1) is 14.0. The molecule has 0 radical (unpaired) electrons. The Kier molecular flexibility index (Phi) is 3.86. The number of hydrogen-bond donors (Lipinski definition) is 1. The maximum absolute atomic E-state index is 12.4. The van der Waals surface area contributed by atoms with Crippen molar-refractivity contribution in [3.05, 3.63) is 75.2 Å². The monoisotopic (exact) mass is 344 g/mol. The van der Waals surface area contributed by atoms with Crippen molar-refractivity contribution in [2.75, 3.05) is 0 Å². The molecular weight excluding hydrogens is 332 g/mol. The Bertz CT molecular complexity index is 831. The number of nitrogens with zero attached hydrogens (tertiary/aromatic N) is 2. The molecule has 3 rings (SSSR count). The van der Waals surface area contributed by atoms with Gasteiger partial charge in [0.05, 0.1) is 29.9 Å². The quantitative estimate of drug-likeness (QED) is 0.794. The van der Waals surface area contributed by atoms with Gasteiger partial charge in [0.15, 0.2) is 0 Å². The average Bonchev–Trinajstić information content (AvgIpc) is 2.51. The highest BCUT2D eigenvalue weighted by Gasteiger charge is 2.11. The fourth-order valence-corrected chi connectivity index (χ4v) is 2.59. The van der Waals surface area contributed by atoms with Gasteiger partial charge in [0.25, 0.3) is 5.56 Å². The van der Waals surface area contributed by atoms with Gasteiger partial charge in [0.1, 0.15) is 0 Å². The van der Waals surface area contributed by atoms with Crippen LogP contribution in [-0.2, 0) is 6.54 Å². The maximum atomic E-state index is 12.4. The van der Waals surface area contributed by atoms with E-state index < -0.39 is 6.10 Å². The molecule has 1 aromatic heterocycles. The minimum atomic E-state index is -0.740. The number of benzene rings is 2. The number of hydrogen-bond acceptors (Lipinski definition) is 3. The predicted octanol–water partition coefficient (Wildman–Crippen LogP) is 2.89. The molecule has 0 spiro atoms. The topological polar surface area (TPSA) is 55.1 Å². The molecule has 0 aliphatic carbocycles. The van der Waals surface area contributed by atoms with Crippen LogP contribution in [-0.4, -0.2) is 14.7 Å². The minimum Gasteiger partial charge on any atom is -0.387 e. The van der Waals surface area contributed by atoms with Gasteiger partial charge in [-0.2, -0.15) is 0 Å². The third-order valence-electron chi connectivity index (χ3n) is 3.34. The number of fused-ring (bicyclic) bond motifs is 1. The van der Waals surface area contributed by atoms with Crippen LogP contribution in [0.5, 0.6) is 0 Å². The second-order valence-corrected chi connectivity index (χ2v) is 5.71. The van der Waals surface area contributed by atoms with E-state index in [0.29, 0.717) is 10.9 Å². The standard InChI is InChI=1S/C16H13BrN2O2/c17-12-6-7-14-13(8-12)16(21)19(10-18-14)9-15(20)11-4-2-1-3-5-11/h1-8,10,15,20H,9H2/t15-/m0/s1. The Morgan fingerprint density at radius 1 is 1.19 bits per heavy atom. The van der Waals surface area contributed by atoms with E-state index in [1.807, 2.05) is 36.4 Å². The number of halogens is 1. The van der Waals surface area contributed by atoms with Crippen LogP contribution in [0.3, 0.4) is 0 Å². The van der Waals surface area contributed by atoms with Gasteiger partial charge in [-0.05, 0) is 23.8 Å². The normalized spacial score (nSPS) is 12.5. The lowest BCUT2D eigenvalue weighted by Gasteiger charge is -2.13.